The van der Waals surface area contributed by atoms with Crippen molar-refractivity contribution in [1.82, 2.24) is 19.4 Å². The summed E-state index contributed by atoms with van der Waals surface area (Å²) < 4.78 is 9.27. The number of aromatic nitrogens is 4. The lowest BCUT2D eigenvalue weighted by atomic mass is 10.1. The first kappa shape index (κ1) is 25.5. The predicted molar refractivity (Wildman–Crippen MR) is 151 cm³/mol. The number of aryl methyl sites for hydroxylation is 2. The molecule has 0 radical (unpaired) electrons. The Morgan fingerprint density at radius 3 is 2.38 bits per heavy atom. The van der Waals surface area contributed by atoms with Gasteiger partial charge in [-0.05, 0) is 77.1 Å². The summed E-state index contributed by atoms with van der Waals surface area (Å²) in [4.78, 5) is 13.3. The normalized spacial score (nSPS) is 11.3. The van der Waals surface area contributed by atoms with Gasteiger partial charge in [0.05, 0.1) is 46.1 Å². The van der Waals surface area contributed by atoms with E-state index in [1.165, 1.54) is 6.20 Å². The Balaban J connectivity index is 1.45. The maximum absolute atomic E-state index is 13.3. The van der Waals surface area contributed by atoms with Gasteiger partial charge < -0.3 is 15.4 Å². The van der Waals surface area contributed by atoms with Crippen LogP contribution in [0.2, 0.25) is 0 Å². The Morgan fingerprint density at radius 2 is 1.72 bits per heavy atom. The van der Waals surface area contributed by atoms with Crippen LogP contribution in [0.5, 0.6) is 11.5 Å². The maximum Gasteiger partial charge on any atom is 0.274 e. The number of amides is 1. The van der Waals surface area contributed by atoms with Gasteiger partial charge in [-0.3, -0.25) is 9.48 Å². The lowest BCUT2D eigenvalue weighted by Crippen LogP contribution is -2.29. The number of nitrogens with one attached hydrogen (secondary N) is 2. The summed E-state index contributed by atoms with van der Waals surface area (Å²) in [6, 6.07) is 21.0. The van der Waals surface area contributed by atoms with Crippen LogP contribution in [0, 0.1) is 25.2 Å². The van der Waals surface area contributed by atoms with Crippen LogP contribution in [-0.2, 0) is 5.54 Å². The lowest BCUT2D eigenvalue weighted by molar-refractivity contribution is 0.100. The van der Waals surface area contributed by atoms with E-state index in [1.54, 1.807) is 21.5 Å². The molecule has 0 fully saturated rings. The lowest BCUT2D eigenvalue weighted by Gasteiger charge is -2.22. The summed E-state index contributed by atoms with van der Waals surface area (Å²) in [7, 11) is 0. The van der Waals surface area contributed by atoms with Crippen LogP contribution < -0.4 is 15.4 Å². The van der Waals surface area contributed by atoms with Gasteiger partial charge in [-0.1, -0.05) is 18.2 Å². The summed E-state index contributed by atoms with van der Waals surface area (Å²) >= 11 is 0. The number of rotatable bonds is 6. The molecule has 3 heterocycles. The quantitative estimate of drug-likeness (QED) is 0.263. The second kappa shape index (κ2) is 9.99. The molecule has 2 N–H and O–H groups in total. The smallest absolute Gasteiger partial charge is 0.274 e. The Hall–Kier alpha value is -5.10. The molecular weight excluding hydrogens is 490 g/mol. The fourth-order valence-electron chi connectivity index (χ4n) is 4.36. The van der Waals surface area contributed by atoms with Crippen LogP contribution in [0.25, 0.3) is 5.52 Å². The van der Waals surface area contributed by atoms with E-state index in [0.29, 0.717) is 33.9 Å². The van der Waals surface area contributed by atoms with Crippen LogP contribution in [0.15, 0.2) is 73.1 Å². The molecule has 5 rings (SSSR count). The first-order chi connectivity index (χ1) is 18.6. The monoisotopic (exact) mass is 519 g/mol. The summed E-state index contributed by atoms with van der Waals surface area (Å²) in [5.74, 6) is 1.18. The number of para-hydroxylation sites is 1. The molecule has 0 unspecified atom stereocenters. The number of hydrogen-bond acceptors (Lipinski definition) is 6. The second-order valence-electron chi connectivity index (χ2n) is 10.3. The molecule has 0 aliphatic rings. The van der Waals surface area contributed by atoms with Gasteiger partial charge in [0, 0.05) is 11.3 Å². The zero-order valence-corrected chi connectivity index (χ0v) is 22.5. The highest BCUT2D eigenvalue weighted by molar-refractivity contribution is 6.05. The largest absolute Gasteiger partial charge is 0.457 e. The van der Waals surface area contributed by atoms with E-state index >= 15 is 0 Å². The average molecular weight is 520 g/mol. The number of ether oxygens (including phenoxy) is 1. The SMILES string of the molecule is Cc1cc(C(=O)Nc2cn3ncc(C#N)c(Nc4ccc(Oc5ccccc5)cc4)c3c2C)n(C(C)(C)C)n1. The van der Waals surface area contributed by atoms with Crippen molar-refractivity contribution in [2.24, 2.45) is 0 Å². The van der Waals surface area contributed by atoms with Crippen molar-refractivity contribution in [3.05, 3.63) is 95.6 Å². The summed E-state index contributed by atoms with van der Waals surface area (Å²) in [5.41, 5.74) is 4.69. The van der Waals surface area contributed by atoms with Gasteiger partial charge in [-0.25, -0.2) is 4.52 Å². The maximum atomic E-state index is 13.3. The van der Waals surface area contributed by atoms with Gasteiger partial charge in [0.1, 0.15) is 23.3 Å². The number of carbonyl (C=O) groups is 1. The zero-order chi connectivity index (χ0) is 27.7. The number of fused-ring (bicyclic) bond motifs is 1. The van der Waals surface area contributed by atoms with Crippen molar-refractivity contribution in [3.8, 4) is 17.6 Å². The second-order valence-corrected chi connectivity index (χ2v) is 10.3. The van der Waals surface area contributed by atoms with Gasteiger partial charge in [-0.15, -0.1) is 0 Å². The average Bonchev–Trinajstić information content (AvgIpc) is 3.46. The van der Waals surface area contributed by atoms with Gasteiger partial charge in [0.2, 0.25) is 0 Å². The predicted octanol–water partition coefficient (Wildman–Crippen LogP) is 6.56. The molecule has 0 bridgehead atoms. The Labute approximate surface area is 226 Å². The van der Waals surface area contributed by atoms with Crippen LogP contribution in [0.4, 0.5) is 17.1 Å². The van der Waals surface area contributed by atoms with Gasteiger partial charge in [0.15, 0.2) is 0 Å². The standard InChI is InChI=1S/C30H29N7O2/c1-19-15-26(37(35-19)30(3,4)5)29(38)34-25-18-36-28(20(25)2)27(21(16-31)17-32-36)33-22-11-13-24(14-12-22)39-23-9-7-6-8-10-23/h6-15,17-18,33H,1-5H3,(H,34,38). The third kappa shape index (κ3) is 5.18. The minimum absolute atomic E-state index is 0.270. The zero-order valence-electron chi connectivity index (χ0n) is 22.5. The molecule has 39 heavy (non-hydrogen) atoms. The number of carbonyl (C=O) groups excluding carboxylic acids is 1. The Morgan fingerprint density at radius 1 is 1.03 bits per heavy atom. The van der Waals surface area contributed by atoms with Crippen LogP contribution in [0.3, 0.4) is 0 Å². The first-order valence-corrected chi connectivity index (χ1v) is 12.5. The summed E-state index contributed by atoms with van der Waals surface area (Å²) in [6.45, 7) is 9.75. The summed E-state index contributed by atoms with van der Waals surface area (Å²) in [6.07, 6.45) is 3.25. The minimum Gasteiger partial charge on any atom is -0.457 e. The molecule has 9 heteroatoms. The number of anilines is 3. The number of hydrogen-bond donors (Lipinski definition) is 2. The van der Waals surface area contributed by atoms with E-state index in [2.05, 4.69) is 26.9 Å². The van der Waals surface area contributed by atoms with Crippen LogP contribution >= 0.6 is 0 Å². The Kier molecular flexibility index (Phi) is 6.54. The van der Waals surface area contributed by atoms with Crippen molar-refractivity contribution in [2.75, 3.05) is 10.6 Å². The molecule has 0 spiro atoms. The van der Waals surface area contributed by atoms with E-state index < -0.39 is 0 Å². The van der Waals surface area contributed by atoms with E-state index in [-0.39, 0.29) is 11.4 Å². The van der Waals surface area contributed by atoms with Gasteiger partial charge in [-0.2, -0.15) is 15.5 Å². The third-order valence-electron chi connectivity index (χ3n) is 6.23. The molecular formula is C30H29N7O2. The molecule has 0 aliphatic carbocycles. The molecule has 5 aromatic rings. The van der Waals surface area contributed by atoms with E-state index in [0.717, 1.165) is 22.7 Å². The number of nitriles is 1. The molecule has 2 aromatic carbocycles. The van der Waals surface area contributed by atoms with Crippen molar-refractivity contribution in [1.29, 1.82) is 5.26 Å². The number of benzene rings is 2. The van der Waals surface area contributed by atoms with Crippen LogP contribution in [-0.4, -0.2) is 25.3 Å². The van der Waals surface area contributed by atoms with Crippen molar-refractivity contribution >= 4 is 28.5 Å². The van der Waals surface area contributed by atoms with Crippen molar-refractivity contribution in [2.45, 2.75) is 40.2 Å². The number of nitrogens with zero attached hydrogens (tertiary/aromatic N) is 5. The van der Waals surface area contributed by atoms with Gasteiger partial charge in [0.25, 0.3) is 5.91 Å². The third-order valence-corrected chi connectivity index (χ3v) is 6.23. The summed E-state index contributed by atoms with van der Waals surface area (Å²) in [5, 5.41) is 25.1. The molecule has 0 saturated heterocycles. The van der Waals surface area contributed by atoms with Gasteiger partial charge >= 0.3 is 0 Å². The van der Waals surface area contributed by atoms with Crippen molar-refractivity contribution < 1.29 is 9.53 Å². The molecule has 0 saturated carbocycles. The minimum atomic E-state index is -0.358. The molecule has 196 valence electrons. The van der Waals surface area contributed by atoms with E-state index in [4.69, 9.17) is 4.74 Å². The fourth-order valence-corrected chi connectivity index (χ4v) is 4.36. The molecule has 3 aromatic heterocycles. The fraction of sp³-hybridized carbons (Fsp3) is 0.200. The molecule has 1 amide bonds. The highest BCUT2D eigenvalue weighted by atomic mass is 16.5. The molecule has 9 nitrogen and oxygen atoms in total. The van der Waals surface area contributed by atoms with Crippen LogP contribution in [0.1, 0.15) is 48.1 Å². The highest BCUT2D eigenvalue weighted by Crippen LogP contribution is 2.33. The topological polar surface area (TPSA) is 109 Å². The van der Waals surface area contributed by atoms with E-state index in [9.17, 15) is 10.1 Å². The van der Waals surface area contributed by atoms with E-state index in [1.807, 2.05) is 89.2 Å². The van der Waals surface area contributed by atoms with Crippen molar-refractivity contribution in [3.63, 3.8) is 0 Å². The highest BCUT2D eigenvalue weighted by Gasteiger charge is 2.24. The Bertz CT molecular complexity index is 1700. The molecule has 0 atom stereocenters. The molecule has 0 aliphatic heterocycles. The first-order valence-electron chi connectivity index (χ1n) is 12.5.